The summed E-state index contributed by atoms with van der Waals surface area (Å²) in [4.78, 5) is 24.3. The lowest BCUT2D eigenvalue weighted by Gasteiger charge is -2.20. The largest absolute Gasteiger partial charge is 0.481 e. The molecule has 0 aliphatic heterocycles. The Kier molecular flexibility index (Phi) is 5.38. The molecule has 1 aromatic heterocycles. The van der Waals surface area contributed by atoms with Crippen molar-refractivity contribution < 1.29 is 27.9 Å². The van der Waals surface area contributed by atoms with Gasteiger partial charge in [-0.05, 0) is 24.6 Å². The third kappa shape index (κ3) is 4.04. The zero-order valence-electron chi connectivity index (χ0n) is 14.4. The van der Waals surface area contributed by atoms with E-state index in [1.54, 1.807) is 19.1 Å². The summed E-state index contributed by atoms with van der Waals surface area (Å²) in [5.74, 6) is -2.99. The molecule has 1 amide bonds. The first-order chi connectivity index (χ1) is 12.0. The number of carboxylic acids is 1. The van der Waals surface area contributed by atoms with Gasteiger partial charge in [-0.2, -0.15) is 18.3 Å². The van der Waals surface area contributed by atoms with Crippen molar-refractivity contribution in [3.05, 3.63) is 47.3 Å². The number of aromatic nitrogens is 2. The van der Waals surface area contributed by atoms with Crippen LogP contribution in [-0.2, 0) is 11.0 Å². The highest BCUT2D eigenvalue weighted by Gasteiger charge is 2.41. The van der Waals surface area contributed by atoms with E-state index in [2.05, 4.69) is 5.10 Å². The molecule has 0 fully saturated rings. The molecule has 6 nitrogen and oxygen atoms in total. The van der Waals surface area contributed by atoms with Crippen LogP contribution in [0.3, 0.4) is 0 Å². The maximum atomic E-state index is 13.6. The first-order valence-corrected chi connectivity index (χ1v) is 7.73. The highest BCUT2D eigenvalue weighted by Crippen LogP contribution is 2.34. The van der Waals surface area contributed by atoms with Gasteiger partial charge in [-0.3, -0.25) is 9.59 Å². The van der Waals surface area contributed by atoms with E-state index in [1.165, 1.54) is 26.1 Å². The second kappa shape index (κ2) is 7.19. The minimum absolute atomic E-state index is 0.179. The Hall–Kier alpha value is -2.84. The minimum atomic E-state index is -4.81. The molecule has 0 aliphatic carbocycles. The van der Waals surface area contributed by atoms with E-state index in [0.29, 0.717) is 4.68 Å². The fourth-order valence-electron chi connectivity index (χ4n) is 2.51. The number of carboxylic acid groups (broad SMARTS) is 1. The smallest absolute Gasteiger partial charge is 0.434 e. The van der Waals surface area contributed by atoms with Gasteiger partial charge in [-0.25, -0.2) is 4.68 Å². The predicted octanol–water partition coefficient (Wildman–Crippen LogP) is 2.99. The zero-order chi connectivity index (χ0) is 19.6. The maximum Gasteiger partial charge on any atom is 0.434 e. The van der Waals surface area contributed by atoms with Crippen molar-refractivity contribution in [1.29, 1.82) is 0 Å². The Morgan fingerprint density at radius 3 is 2.54 bits per heavy atom. The van der Waals surface area contributed by atoms with Gasteiger partial charge in [0.15, 0.2) is 5.69 Å². The zero-order valence-corrected chi connectivity index (χ0v) is 14.4. The fourth-order valence-corrected chi connectivity index (χ4v) is 2.51. The molecule has 0 aliphatic rings. The minimum Gasteiger partial charge on any atom is -0.481 e. The van der Waals surface area contributed by atoms with Crippen molar-refractivity contribution in [3.8, 4) is 5.69 Å². The van der Waals surface area contributed by atoms with Gasteiger partial charge in [-0.1, -0.05) is 19.1 Å². The van der Waals surface area contributed by atoms with Gasteiger partial charge >= 0.3 is 12.1 Å². The van der Waals surface area contributed by atoms with Crippen LogP contribution < -0.4 is 0 Å². The molecule has 0 bridgehead atoms. The van der Waals surface area contributed by atoms with Crippen molar-refractivity contribution in [2.45, 2.75) is 20.0 Å². The summed E-state index contributed by atoms with van der Waals surface area (Å²) in [7, 11) is 1.26. The number of benzene rings is 1. The molecule has 0 saturated heterocycles. The molecule has 2 aromatic rings. The van der Waals surface area contributed by atoms with Gasteiger partial charge in [-0.15, -0.1) is 0 Å². The van der Waals surface area contributed by atoms with Crippen LogP contribution in [0.5, 0.6) is 0 Å². The Morgan fingerprint density at radius 2 is 2.00 bits per heavy atom. The number of aliphatic carboxylic acids is 1. The van der Waals surface area contributed by atoms with Crippen molar-refractivity contribution in [3.63, 3.8) is 0 Å². The number of alkyl halides is 3. The summed E-state index contributed by atoms with van der Waals surface area (Å²) in [6.07, 6.45) is -3.96. The average molecular weight is 369 g/mol. The van der Waals surface area contributed by atoms with Crippen molar-refractivity contribution >= 4 is 11.9 Å². The van der Waals surface area contributed by atoms with E-state index in [1.807, 2.05) is 0 Å². The fraction of sp³-hybridized carbons (Fsp3) is 0.353. The lowest BCUT2D eigenvalue weighted by molar-refractivity contribution is -0.143. The van der Waals surface area contributed by atoms with Crippen LogP contribution in [0.4, 0.5) is 13.2 Å². The second-order valence-corrected chi connectivity index (χ2v) is 6.08. The summed E-state index contributed by atoms with van der Waals surface area (Å²) in [6.45, 7) is 2.88. The monoisotopic (exact) mass is 369 g/mol. The molecule has 0 radical (unpaired) electrons. The molecule has 2 rings (SSSR count). The molecule has 0 saturated carbocycles. The normalized spacial score (nSPS) is 12.7. The van der Waals surface area contributed by atoms with Crippen LogP contribution in [0.1, 0.15) is 28.5 Å². The van der Waals surface area contributed by atoms with E-state index in [-0.39, 0.29) is 12.2 Å². The lowest BCUT2D eigenvalue weighted by Crippen LogP contribution is -2.34. The summed E-state index contributed by atoms with van der Waals surface area (Å²) in [6, 6.07) is 6.30. The van der Waals surface area contributed by atoms with Gasteiger partial charge in [0.2, 0.25) is 0 Å². The summed E-state index contributed by atoms with van der Waals surface area (Å²) >= 11 is 0. The number of hydrogen-bond donors (Lipinski definition) is 1. The Bertz CT molecular complexity index is 830. The molecular formula is C17H18F3N3O3. The molecule has 9 heteroatoms. The van der Waals surface area contributed by atoms with Crippen molar-refractivity contribution in [2.75, 3.05) is 13.6 Å². The van der Waals surface area contributed by atoms with E-state index < -0.39 is 35.2 Å². The second-order valence-electron chi connectivity index (χ2n) is 6.08. The van der Waals surface area contributed by atoms with Crippen LogP contribution in [0.25, 0.3) is 5.69 Å². The SMILES string of the molecule is Cc1cccc(-n2ncc(C(=O)N(C)CC(C)C(=O)O)c2C(F)(F)F)c1. The van der Waals surface area contributed by atoms with E-state index in [4.69, 9.17) is 5.11 Å². The van der Waals surface area contributed by atoms with Crippen molar-refractivity contribution in [2.24, 2.45) is 5.92 Å². The molecular weight excluding hydrogens is 351 g/mol. The molecule has 1 heterocycles. The first kappa shape index (κ1) is 19.5. The Balaban J connectivity index is 2.47. The molecule has 26 heavy (non-hydrogen) atoms. The third-order valence-electron chi connectivity index (χ3n) is 3.83. The summed E-state index contributed by atoms with van der Waals surface area (Å²) in [5.41, 5.74) is -0.897. The number of halogens is 3. The molecule has 1 N–H and O–H groups in total. The molecule has 0 spiro atoms. The van der Waals surface area contributed by atoms with E-state index in [9.17, 15) is 22.8 Å². The summed E-state index contributed by atoms with van der Waals surface area (Å²) in [5, 5.41) is 12.7. The van der Waals surface area contributed by atoms with Crippen LogP contribution in [-0.4, -0.2) is 45.3 Å². The quantitative estimate of drug-likeness (QED) is 0.879. The van der Waals surface area contributed by atoms with Gasteiger partial charge in [0.25, 0.3) is 5.91 Å². The van der Waals surface area contributed by atoms with Crippen LogP contribution >= 0.6 is 0 Å². The number of hydrogen-bond acceptors (Lipinski definition) is 3. The van der Waals surface area contributed by atoms with Gasteiger partial charge in [0.05, 0.1) is 23.4 Å². The maximum absolute atomic E-state index is 13.6. The molecule has 1 unspecified atom stereocenters. The van der Waals surface area contributed by atoms with Crippen LogP contribution in [0.15, 0.2) is 30.5 Å². The number of nitrogens with zero attached hydrogens (tertiary/aromatic N) is 3. The van der Waals surface area contributed by atoms with Crippen molar-refractivity contribution in [1.82, 2.24) is 14.7 Å². The number of carbonyl (C=O) groups excluding carboxylic acids is 1. The van der Waals surface area contributed by atoms with Crippen LogP contribution in [0, 0.1) is 12.8 Å². The van der Waals surface area contributed by atoms with Crippen LogP contribution in [0.2, 0.25) is 0 Å². The van der Waals surface area contributed by atoms with E-state index >= 15 is 0 Å². The third-order valence-corrected chi connectivity index (χ3v) is 3.83. The molecule has 1 aromatic carbocycles. The highest BCUT2D eigenvalue weighted by atomic mass is 19.4. The highest BCUT2D eigenvalue weighted by molar-refractivity contribution is 5.95. The van der Waals surface area contributed by atoms with Gasteiger partial charge < -0.3 is 10.0 Å². The van der Waals surface area contributed by atoms with E-state index in [0.717, 1.165) is 16.7 Å². The standard InChI is InChI=1S/C17H18F3N3O3/c1-10-5-4-6-12(7-10)23-14(17(18,19)20)13(8-21-23)15(24)22(3)9-11(2)16(25)26/h4-8,11H,9H2,1-3H3,(H,25,26). The Morgan fingerprint density at radius 1 is 1.35 bits per heavy atom. The average Bonchev–Trinajstić information content (AvgIpc) is 2.99. The summed E-state index contributed by atoms with van der Waals surface area (Å²) < 4.78 is 41.5. The lowest BCUT2D eigenvalue weighted by atomic mass is 10.1. The van der Waals surface area contributed by atoms with Gasteiger partial charge in [0, 0.05) is 13.6 Å². The molecule has 1 atom stereocenters. The topological polar surface area (TPSA) is 75.4 Å². The number of aryl methyl sites for hydroxylation is 1. The number of carbonyl (C=O) groups is 2. The Labute approximate surface area is 147 Å². The first-order valence-electron chi connectivity index (χ1n) is 7.73. The molecule has 140 valence electrons. The predicted molar refractivity (Wildman–Crippen MR) is 87.1 cm³/mol. The number of amides is 1. The number of rotatable bonds is 5. The van der Waals surface area contributed by atoms with Gasteiger partial charge in [0.1, 0.15) is 0 Å².